The average Bonchev–Trinajstić information content (AvgIpc) is 1.41. The van der Waals surface area contributed by atoms with E-state index < -0.39 is 23.5 Å². The van der Waals surface area contributed by atoms with Crippen LogP contribution in [0, 0.1) is 0 Å². The maximum Gasteiger partial charge on any atom is 5.00 e. The standard InChI is InChI=1S/3FH.2Na.3H3O4P.2V/c;;;;;3*1-5(2,3)4;;/h3*1H;;;3*(H3,1,2,3,4);;/q;;;2*+1;;;;2*+5/p-12. The van der Waals surface area contributed by atoms with Gasteiger partial charge >= 0.3 is 96.2 Å². The van der Waals surface area contributed by atoms with Crippen molar-refractivity contribution < 1.29 is 168 Å². The van der Waals surface area contributed by atoms with Crippen LogP contribution < -0.4 is 117 Å². The largest absolute Gasteiger partial charge is 5.00 e. The number of halogens is 3. The van der Waals surface area contributed by atoms with E-state index in [1.165, 1.54) is 0 Å². The maximum atomic E-state index is 8.55. The predicted molar refractivity (Wildman–Crippen MR) is 22.8 cm³/mol. The Balaban J connectivity index is -0.0000000106. The van der Waals surface area contributed by atoms with Crippen LogP contribution >= 0.6 is 23.5 Å². The van der Waals surface area contributed by atoms with Gasteiger partial charge in [-0.3, -0.25) is 0 Å². The minimum atomic E-state index is -5.39. The molecule has 0 bridgehead atoms. The van der Waals surface area contributed by atoms with Crippen molar-refractivity contribution >= 4 is 23.5 Å². The molecule has 0 fully saturated rings. The number of rotatable bonds is 0. The topological polar surface area (TPSA) is 259 Å². The van der Waals surface area contributed by atoms with Gasteiger partial charge in [0, 0.05) is 0 Å². The van der Waals surface area contributed by atoms with Crippen LogP contribution in [0.1, 0.15) is 0 Å². The molecule has 0 aliphatic carbocycles. The van der Waals surface area contributed by atoms with Crippen LogP contribution in [0.5, 0.6) is 0 Å². The van der Waals surface area contributed by atoms with Crippen molar-refractivity contribution in [3.63, 3.8) is 0 Å². The third-order valence-electron chi connectivity index (χ3n) is 0. The molecule has 0 aliphatic heterocycles. The first-order valence-corrected chi connectivity index (χ1v) is 6.57. The molecule has 0 atom stereocenters. The smallest absolute Gasteiger partial charge is 1.00 e. The van der Waals surface area contributed by atoms with Gasteiger partial charge < -0.3 is 71.8 Å². The van der Waals surface area contributed by atoms with Gasteiger partial charge in [-0.1, -0.05) is 0 Å². The van der Waals surface area contributed by atoms with Gasteiger partial charge in [-0.25, -0.2) is 0 Å². The molecule has 0 rings (SSSR count). The second kappa shape index (κ2) is 29.1. The van der Waals surface area contributed by atoms with Crippen LogP contribution in [0.2, 0.25) is 0 Å². The third kappa shape index (κ3) is 1070. The van der Waals surface area contributed by atoms with Crippen molar-refractivity contribution in [3.05, 3.63) is 0 Å². The van der Waals surface area contributed by atoms with Crippen LogP contribution in [0.3, 0.4) is 0 Å². The molecule has 0 aromatic rings. The molecule has 22 heavy (non-hydrogen) atoms. The van der Waals surface area contributed by atoms with Gasteiger partial charge in [-0.2, -0.15) is 23.5 Å². The quantitative estimate of drug-likeness (QED) is 0.227. The molecule has 0 amide bonds. The Labute approximate surface area is 189 Å². The van der Waals surface area contributed by atoms with Gasteiger partial charge in [0.2, 0.25) is 0 Å². The Hall–Kier alpha value is 3.29. The summed E-state index contributed by atoms with van der Waals surface area (Å²) in [4.78, 5) is 76.9. The SMILES string of the molecule is O=P([O-])([O-])[O-].O=P([O-])([O-])[O-].O=P([O-])([O-])[O-].[F-].[F-].[F-].[Na+].[Na+].[V+5].[V+5]. The number of phosphoric acid groups is 3. The van der Waals surface area contributed by atoms with E-state index in [0.29, 0.717) is 0 Å². The van der Waals surface area contributed by atoms with Gasteiger partial charge in [0.25, 0.3) is 0 Å². The molecule has 12 nitrogen and oxygen atoms in total. The Kier molecular flexibility index (Phi) is 84.3. The Morgan fingerprint density at radius 1 is 0.409 bits per heavy atom. The minimum absolute atomic E-state index is 0. The van der Waals surface area contributed by atoms with Crippen molar-refractivity contribution in [2.75, 3.05) is 0 Å². The van der Waals surface area contributed by atoms with E-state index in [4.69, 9.17) is 57.7 Å². The summed E-state index contributed by atoms with van der Waals surface area (Å²) in [6, 6.07) is 0. The Morgan fingerprint density at radius 3 is 0.409 bits per heavy atom. The normalized spacial score (nSPS) is 8.05. The van der Waals surface area contributed by atoms with Gasteiger partial charge in [-0.15, -0.1) is 0 Å². The summed E-state index contributed by atoms with van der Waals surface area (Å²) < 4.78 is 25.6. The molecule has 0 heterocycles. The van der Waals surface area contributed by atoms with E-state index in [9.17, 15) is 0 Å². The van der Waals surface area contributed by atoms with Crippen LogP contribution in [0.4, 0.5) is 0 Å². The zero-order valence-electron chi connectivity index (χ0n) is 10.3. The van der Waals surface area contributed by atoms with Crippen molar-refractivity contribution in [1.29, 1.82) is 0 Å². The first-order valence-electron chi connectivity index (χ1n) is 2.19. The fourth-order valence-electron chi connectivity index (χ4n) is 0. The van der Waals surface area contributed by atoms with Gasteiger partial charge in [0.05, 0.1) is 0 Å². The van der Waals surface area contributed by atoms with Crippen molar-refractivity contribution in [2.45, 2.75) is 0 Å². The van der Waals surface area contributed by atoms with E-state index in [-0.39, 0.29) is 110 Å². The summed E-state index contributed by atoms with van der Waals surface area (Å²) in [5.74, 6) is 0. The van der Waals surface area contributed by atoms with Crippen molar-refractivity contribution in [1.82, 2.24) is 0 Å². The summed E-state index contributed by atoms with van der Waals surface area (Å²) in [5, 5.41) is 0. The molecule has 0 N–H and O–H groups in total. The Bertz CT molecular complexity index is 228. The summed E-state index contributed by atoms with van der Waals surface area (Å²) in [6.07, 6.45) is 0. The molecule has 0 saturated heterocycles. The van der Waals surface area contributed by atoms with E-state index in [0.717, 1.165) is 0 Å². The van der Waals surface area contributed by atoms with Crippen LogP contribution in [0.25, 0.3) is 0 Å². The van der Waals surface area contributed by atoms with E-state index >= 15 is 0 Å². The molecule has 0 aromatic carbocycles. The molecule has 22 heteroatoms. The molecule has 120 valence electrons. The van der Waals surface area contributed by atoms with E-state index in [1.54, 1.807) is 0 Å². The molecular weight excluding hydrogens is 490 g/mol. The van der Waals surface area contributed by atoms with Crippen LogP contribution in [0.15, 0.2) is 0 Å². The van der Waals surface area contributed by atoms with Gasteiger partial charge in [0.1, 0.15) is 0 Å². The van der Waals surface area contributed by atoms with E-state index in [2.05, 4.69) is 0 Å². The average molecular weight is 490 g/mol. The summed E-state index contributed by atoms with van der Waals surface area (Å²) in [7, 11) is -16.2. The molecule has 0 radical (unpaired) electrons. The second-order valence-corrected chi connectivity index (χ2v) is 4.02. The molecule has 0 saturated carbocycles. The van der Waals surface area contributed by atoms with Crippen molar-refractivity contribution in [3.8, 4) is 0 Å². The Morgan fingerprint density at radius 2 is 0.409 bits per heavy atom. The molecule has 0 aliphatic rings. The minimum Gasteiger partial charge on any atom is -1.00 e. The fraction of sp³-hybridized carbons (Fsp3) is 0. The number of hydrogen-bond acceptors (Lipinski definition) is 12. The maximum absolute atomic E-state index is 8.55. The third-order valence-corrected chi connectivity index (χ3v) is 0. The predicted octanol–water partition coefficient (Wildman–Crippen LogP) is -23.5. The monoisotopic (exact) mass is 490 g/mol. The summed E-state index contributed by atoms with van der Waals surface area (Å²) in [6.45, 7) is 0. The fourth-order valence-corrected chi connectivity index (χ4v) is 0. The number of hydrogen-bond donors (Lipinski definition) is 0. The van der Waals surface area contributed by atoms with E-state index in [1.807, 2.05) is 0 Å². The van der Waals surface area contributed by atoms with Crippen molar-refractivity contribution in [2.24, 2.45) is 0 Å². The zero-order valence-corrected chi connectivity index (χ0v) is 19.7. The van der Waals surface area contributed by atoms with Gasteiger partial charge in [0.15, 0.2) is 0 Å². The van der Waals surface area contributed by atoms with Crippen LogP contribution in [-0.2, 0) is 50.8 Å². The van der Waals surface area contributed by atoms with Gasteiger partial charge in [-0.05, 0) is 0 Å². The molecule has 0 spiro atoms. The second-order valence-electron chi connectivity index (χ2n) is 1.34. The molecule has 0 unspecified atom stereocenters. The van der Waals surface area contributed by atoms with Crippen LogP contribution in [-0.4, -0.2) is 0 Å². The summed E-state index contributed by atoms with van der Waals surface area (Å²) in [5.41, 5.74) is 0. The summed E-state index contributed by atoms with van der Waals surface area (Å²) >= 11 is 0. The molecule has 0 aromatic heterocycles. The first kappa shape index (κ1) is 63.8. The first-order chi connectivity index (χ1) is 6.00. The zero-order chi connectivity index (χ0) is 13.5. The molecular formula is F3Na2O12P3V2.